The molecule has 0 aromatic carbocycles. The van der Waals surface area contributed by atoms with E-state index in [0.717, 1.165) is 36.9 Å². The molecule has 1 rings (SSSR count). The van der Waals surface area contributed by atoms with E-state index in [1.165, 1.54) is 0 Å². The number of nitrogens with one attached hydrogen (secondary N) is 1. The van der Waals surface area contributed by atoms with Gasteiger partial charge in [-0.1, -0.05) is 39.5 Å². The van der Waals surface area contributed by atoms with E-state index >= 15 is 0 Å². The normalized spacial score (nSPS) is 11.7. The third-order valence-electron chi connectivity index (χ3n) is 2.65. The maximum absolute atomic E-state index is 4.32. The summed E-state index contributed by atoms with van der Waals surface area (Å²) < 4.78 is 2.27. The highest BCUT2D eigenvalue weighted by Gasteiger charge is 2.12. The van der Waals surface area contributed by atoms with Crippen LogP contribution < -0.4 is 5.32 Å². The molecule has 1 aromatic rings. The van der Waals surface area contributed by atoms with E-state index in [4.69, 9.17) is 0 Å². The minimum atomic E-state index is 0.556. The van der Waals surface area contributed by atoms with Crippen LogP contribution in [0.5, 0.6) is 0 Å². The van der Waals surface area contributed by atoms with Gasteiger partial charge in [-0.25, -0.2) is 0 Å². The van der Waals surface area contributed by atoms with Crippen molar-refractivity contribution in [1.82, 2.24) is 20.1 Å². The minimum absolute atomic E-state index is 0.556. The van der Waals surface area contributed by atoms with Gasteiger partial charge in [-0.05, 0) is 25.1 Å². The summed E-state index contributed by atoms with van der Waals surface area (Å²) in [5, 5.41) is 13.0. The second-order valence-electron chi connectivity index (χ2n) is 5.32. The van der Waals surface area contributed by atoms with E-state index < -0.39 is 0 Å². The van der Waals surface area contributed by atoms with E-state index in [0.29, 0.717) is 12.0 Å². The molecule has 0 spiro atoms. The van der Waals surface area contributed by atoms with Crippen LogP contribution in [0.4, 0.5) is 0 Å². The van der Waals surface area contributed by atoms with Crippen molar-refractivity contribution in [3.05, 3.63) is 5.82 Å². The van der Waals surface area contributed by atoms with Gasteiger partial charge in [0.05, 0.1) is 0 Å². The lowest BCUT2D eigenvalue weighted by molar-refractivity contribution is 0.474. The molecule has 18 heavy (non-hydrogen) atoms. The third kappa shape index (κ3) is 4.98. The highest BCUT2D eigenvalue weighted by Crippen LogP contribution is 2.16. The highest BCUT2D eigenvalue weighted by atomic mass is 32.2. The lowest BCUT2D eigenvalue weighted by Crippen LogP contribution is -2.24. The van der Waals surface area contributed by atoms with Crippen molar-refractivity contribution >= 4 is 11.8 Å². The summed E-state index contributed by atoms with van der Waals surface area (Å²) in [5.74, 6) is 1.75. The Hall–Kier alpha value is -0.550. The predicted octanol–water partition coefficient (Wildman–Crippen LogP) is 2.59. The van der Waals surface area contributed by atoms with Crippen LogP contribution in [0.2, 0.25) is 0 Å². The number of aryl methyl sites for hydroxylation is 1. The van der Waals surface area contributed by atoms with Crippen LogP contribution in [-0.4, -0.2) is 33.6 Å². The number of hydrogen-bond acceptors (Lipinski definition) is 4. The van der Waals surface area contributed by atoms with E-state index in [9.17, 15) is 0 Å². The second kappa shape index (κ2) is 7.79. The zero-order valence-corrected chi connectivity index (χ0v) is 13.0. The lowest BCUT2D eigenvalue weighted by Gasteiger charge is -2.12. The van der Waals surface area contributed by atoms with Gasteiger partial charge in [0, 0.05) is 19.0 Å². The number of thioether (sulfide) groups is 1. The number of rotatable bonds is 8. The third-order valence-corrected chi connectivity index (χ3v) is 3.32. The van der Waals surface area contributed by atoms with Gasteiger partial charge in [-0.15, -0.1) is 10.2 Å². The molecular formula is C13H26N4S. The molecule has 0 atom stereocenters. The molecular weight excluding hydrogens is 244 g/mol. The maximum Gasteiger partial charge on any atom is 0.190 e. The van der Waals surface area contributed by atoms with Crippen LogP contribution in [0.15, 0.2) is 5.16 Å². The van der Waals surface area contributed by atoms with Crippen molar-refractivity contribution < 1.29 is 0 Å². The Morgan fingerprint density at radius 2 is 1.94 bits per heavy atom. The molecule has 0 saturated carbocycles. The molecule has 4 nitrogen and oxygen atoms in total. The molecule has 0 amide bonds. The van der Waals surface area contributed by atoms with Crippen molar-refractivity contribution in [2.75, 3.05) is 12.8 Å². The summed E-state index contributed by atoms with van der Waals surface area (Å²) in [4.78, 5) is 0. The van der Waals surface area contributed by atoms with E-state index in [2.05, 4.69) is 54.0 Å². The van der Waals surface area contributed by atoms with Gasteiger partial charge in [0.1, 0.15) is 5.82 Å². The van der Waals surface area contributed by atoms with Crippen LogP contribution in [0, 0.1) is 5.92 Å². The SMILES string of the molecule is CSc1nnc(CCCNC(C)C)n1CC(C)C. The molecule has 1 N–H and O–H groups in total. The monoisotopic (exact) mass is 270 g/mol. The van der Waals surface area contributed by atoms with Gasteiger partial charge >= 0.3 is 0 Å². The quantitative estimate of drug-likeness (QED) is 0.582. The van der Waals surface area contributed by atoms with Crippen LogP contribution in [-0.2, 0) is 13.0 Å². The van der Waals surface area contributed by atoms with E-state index in [-0.39, 0.29) is 0 Å². The zero-order valence-electron chi connectivity index (χ0n) is 12.2. The Morgan fingerprint density at radius 1 is 1.22 bits per heavy atom. The Balaban J connectivity index is 2.56. The van der Waals surface area contributed by atoms with Gasteiger partial charge < -0.3 is 9.88 Å². The highest BCUT2D eigenvalue weighted by molar-refractivity contribution is 7.98. The molecule has 0 saturated heterocycles. The molecule has 0 aliphatic heterocycles. The Morgan fingerprint density at radius 3 is 2.50 bits per heavy atom. The van der Waals surface area contributed by atoms with Crippen molar-refractivity contribution in [3.63, 3.8) is 0 Å². The molecule has 0 aliphatic carbocycles. The Bertz CT molecular complexity index is 347. The molecule has 104 valence electrons. The van der Waals surface area contributed by atoms with E-state index in [1.807, 2.05) is 0 Å². The molecule has 1 heterocycles. The first kappa shape index (κ1) is 15.5. The summed E-state index contributed by atoms with van der Waals surface area (Å²) in [6, 6.07) is 0.556. The minimum Gasteiger partial charge on any atom is -0.315 e. The first-order chi connectivity index (χ1) is 8.54. The largest absolute Gasteiger partial charge is 0.315 e. The zero-order chi connectivity index (χ0) is 13.5. The van der Waals surface area contributed by atoms with Crippen LogP contribution in [0.25, 0.3) is 0 Å². The average Bonchev–Trinajstić information content (AvgIpc) is 2.66. The fourth-order valence-electron chi connectivity index (χ4n) is 1.84. The molecule has 0 radical (unpaired) electrons. The van der Waals surface area contributed by atoms with Crippen LogP contribution in [0.3, 0.4) is 0 Å². The van der Waals surface area contributed by atoms with Crippen molar-refractivity contribution in [3.8, 4) is 0 Å². The van der Waals surface area contributed by atoms with Gasteiger partial charge in [0.2, 0.25) is 0 Å². The van der Waals surface area contributed by atoms with E-state index in [1.54, 1.807) is 11.8 Å². The summed E-state index contributed by atoms with van der Waals surface area (Å²) in [6.45, 7) is 10.9. The molecule has 0 aliphatic rings. The first-order valence-corrected chi connectivity index (χ1v) is 7.96. The number of nitrogens with zero attached hydrogens (tertiary/aromatic N) is 3. The van der Waals surface area contributed by atoms with Gasteiger partial charge in [0.25, 0.3) is 0 Å². The Kier molecular flexibility index (Phi) is 6.71. The number of hydrogen-bond donors (Lipinski definition) is 1. The Labute approximate surface area is 115 Å². The summed E-state index contributed by atoms with van der Waals surface area (Å²) in [7, 11) is 0. The lowest BCUT2D eigenvalue weighted by atomic mass is 10.2. The smallest absolute Gasteiger partial charge is 0.190 e. The number of aromatic nitrogens is 3. The molecule has 0 bridgehead atoms. The maximum atomic E-state index is 4.32. The first-order valence-electron chi connectivity index (χ1n) is 6.74. The summed E-state index contributed by atoms with van der Waals surface area (Å²) in [6.07, 6.45) is 4.17. The standard InChI is InChI=1S/C13H26N4S/c1-10(2)9-17-12(15-16-13(17)18-5)7-6-8-14-11(3)4/h10-11,14H,6-9H2,1-5H3. The second-order valence-corrected chi connectivity index (χ2v) is 6.09. The fraction of sp³-hybridized carbons (Fsp3) is 0.846. The molecule has 5 heteroatoms. The van der Waals surface area contributed by atoms with Crippen LogP contribution in [0.1, 0.15) is 39.9 Å². The van der Waals surface area contributed by atoms with Crippen LogP contribution >= 0.6 is 11.8 Å². The molecule has 0 fully saturated rings. The van der Waals surface area contributed by atoms with Gasteiger partial charge in [-0.3, -0.25) is 0 Å². The van der Waals surface area contributed by atoms with Crippen molar-refractivity contribution in [2.24, 2.45) is 5.92 Å². The predicted molar refractivity (Wildman–Crippen MR) is 78.1 cm³/mol. The van der Waals surface area contributed by atoms with Crippen molar-refractivity contribution in [2.45, 2.75) is 58.3 Å². The molecule has 0 unspecified atom stereocenters. The average molecular weight is 270 g/mol. The fourth-order valence-corrected chi connectivity index (χ4v) is 2.36. The summed E-state index contributed by atoms with van der Waals surface area (Å²) in [5.41, 5.74) is 0. The molecule has 1 aromatic heterocycles. The topological polar surface area (TPSA) is 42.7 Å². The summed E-state index contributed by atoms with van der Waals surface area (Å²) >= 11 is 1.68. The van der Waals surface area contributed by atoms with Gasteiger partial charge in [-0.2, -0.15) is 0 Å². The van der Waals surface area contributed by atoms with Crippen molar-refractivity contribution in [1.29, 1.82) is 0 Å². The van der Waals surface area contributed by atoms with Gasteiger partial charge in [0.15, 0.2) is 5.16 Å².